The molecule has 1 N–H and O–H groups in total. The SMILES string of the molecule is C=CCN(c1ccccc1)[C@@H]1C=Cc2ccccc2[C@H]1O. The average Bonchev–Trinajstić information content (AvgIpc) is 2.55. The zero-order chi connectivity index (χ0) is 14.7. The smallest absolute Gasteiger partial charge is 0.103 e. The molecular formula is C19H19NO. The molecule has 3 rings (SSSR count). The molecule has 0 bridgehead atoms. The van der Waals surface area contributed by atoms with Crippen LogP contribution in [-0.2, 0) is 0 Å². The van der Waals surface area contributed by atoms with E-state index in [0.29, 0.717) is 6.54 Å². The number of aliphatic hydroxyl groups is 1. The van der Waals surface area contributed by atoms with E-state index < -0.39 is 6.10 Å². The summed E-state index contributed by atoms with van der Waals surface area (Å²) in [7, 11) is 0. The molecule has 0 saturated carbocycles. The summed E-state index contributed by atoms with van der Waals surface area (Å²) in [6.45, 7) is 4.54. The summed E-state index contributed by atoms with van der Waals surface area (Å²) >= 11 is 0. The number of para-hydroxylation sites is 1. The first-order valence-corrected chi connectivity index (χ1v) is 7.19. The zero-order valence-corrected chi connectivity index (χ0v) is 11.9. The fourth-order valence-corrected chi connectivity index (χ4v) is 2.86. The van der Waals surface area contributed by atoms with E-state index >= 15 is 0 Å². The largest absolute Gasteiger partial charge is 0.386 e. The normalized spacial score (nSPS) is 19.9. The van der Waals surface area contributed by atoms with Gasteiger partial charge in [-0.3, -0.25) is 0 Å². The van der Waals surface area contributed by atoms with Gasteiger partial charge in [0.05, 0.1) is 6.04 Å². The van der Waals surface area contributed by atoms with Crippen LogP contribution in [0.1, 0.15) is 17.2 Å². The number of hydrogen-bond donors (Lipinski definition) is 1. The van der Waals surface area contributed by atoms with E-state index in [1.54, 1.807) is 0 Å². The van der Waals surface area contributed by atoms with Gasteiger partial charge < -0.3 is 10.0 Å². The van der Waals surface area contributed by atoms with Crippen LogP contribution in [0.2, 0.25) is 0 Å². The molecule has 0 unspecified atom stereocenters. The van der Waals surface area contributed by atoms with Crippen molar-refractivity contribution in [1.29, 1.82) is 0 Å². The molecule has 0 fully saturated rings. The lowest BCUT2D eigenvalue weighted by molar-refractivity contribution is 0.158. The predicted octanol–water partition coefficient (Wildman–Crippen LogP) is 3.81. The summed E-state index contributed by atoms with van der Waals surface area (Å²) < 4.78 is 0. The molecule has 1 aliphatic rings. The van der Waals surface area contributed by atoms with E-state index in [1.165, 1.54) is 0 Å². The van der Waals surface area contributed by atoms with Gasteiger partial charge >= 0.3 is 0 Å². The molecule has 0 amide bonds. The molecule has 0 spiro atoms. The average molecular weight is 277 g/mol. The van der Waals surface area contributed by atoms with Crippen LogP contribution in [0, 0.1) is 0 Å². The second-order valence-electron chi connectivity index (χ2n) is 5.20. The summed E-state index contributed by atoms with van der Waals surface area (Å²) in [5, 5.41) is 10.8. The van der Waals surface area contributed by atoms with Crippen LogP contribution in [-0.4, -0.2) is 17.7 Å². The predicted molar refractivity (Wildman–Crippen MR) is 88.2 cm³/mol. The van der Waals surface area contributed by atoms with Crippen molar-refractivity contribution in [2.24, 2.45) is 0 Å². The summed E-state index contributed by atoms with van der Waals surface area (Å²) in [5.41, 5.74) is 3.16. The van der Waals surface area contributed by atoms with Crippen LogP contribution in [0.3, 0.4) is 0 Å². The van der Waals surface area contributed by atoms with Gasteiger partial charge in [0.2, 0.25) is 0 Å². The van der Waals surface area contributed by atoms with Crippen LogP contribution < -0.4 is 4.90 Å². The van der Waals surface area contributed by atoms with Crippen molar-refractivity contribution in [3.63, 3.8) is 0 Å². The van der Waals surface area contributed by atoms with Crippen LogP contribution >= 0.6 is 0 Å². The molecule has 0 heterocycles. The van der Waals surface area contributed by atoms with Crippen molar-refractivity contribution < 1.29 is 5.11 Å². The minimum atomic E-state index is -0.536. The quantitative estimate of drug-likeness (QED) is 0.859. The molecule has 0 radical (unpaired) electrons. The van der Waals surface area contributed by atoms with E-state index in [2.05, 4.69) is 35.8 Å². The van der Waals surface area contributed by atoms with Gasteiger partial charge in [-0.2, -0.15) is 0 Å². The monoisotopic (exact) mass is 277 g/mol. The van der Waals surface area contributed by atoms with Crippen LogP contribution in [0.4, 0.5) is 5.69 Å². The Labute approximate surface area is 125 Å². The molecule has 106 valence electrons. The Kier molecular flexibility index (Phi) is 3.89. The first-order chi connectivity index (χ1) is 10.3. The molecule has 2 aromatic carbocycles. The van der Waals surface area contributed by atoms with Crippen molar-refractivity contribution in [3.8, 4) is 0 Å². The number of hydrogen-bond acceptors (Lipinski definition) is 2. The topological polar surface area (TPSA) is 23.5 Å². The van der Waals surface area contributed by atoms with Crippen LogP contribution in [0.5, 0.6) is 0 Å². The molecule has 0 saturated heterocycles. The lowest BCUT2D eigenvalue weighted by Crippen LogP contribution is -2.40. The van der Waals surface area contributed by atoms with Gasteiger partial charge in [-0.15, -0.1) is 6.58 Å². The molecule has 2 nitrogen and oxygen atoms in total. The lowest BCUT2D eigenvalue weighted by Gasteiger charge is -2.36. The Bertz CT molecular complexity index is 648. The molecular weight excluding hydrogens is 258 g/mol. The fraction of sp³-hybridized carbons (Fsp3) is 0.158. The fourth-order valence-electron chi connectivity index (χ4n) is 2.86. The first kappa shape index (κ1) is 13.7. The number of nitrogens with zero attached hydrogens (tertiary/aromatic N) is 1. The Balaban J connectivity index is 1.97. The highest BCUT2D eigenvalue weighted by Gasteiger charge is 2.28. The maximum atomic E-state index is 10.8. The Hall–Kier alpha value is -2.32. The molecule has 2 heteroatoms. The number of anilines is 1. The van der Waals surface area contributed by atoms with Crippen molar-refractivity contribution in [3.05, 3.63) is 84.5 Å². The van der Waals surface area contributed by atoms with Crippen molar-refractivity contribution >= 4 is 11.8 Å². The Morgan fingerprint density at radius 2 is 1.76 bits per heavy atom. The molecule has 0 aromatic heterocycles. The summed E-state index contributed by atoms with van der Waals surface area (Å²) in [6, 6.07) is 18.1. The standard InChI is InChI=1S/C19H19NO/c1-2-14-20(16-9-4-3-5-10-16)18-13-12-15-8-6-7-11-17(15)19(18)21/h2-13,18-19,21H,1,14H2/t18-,19-/m1/s1. The number of rotatable bonds is 4. The molecule has 2 aromatic rings. The third kappa shape index (κ3) is 2.63. The van der Waals surface area contributed by atoms with Gasteiger partial charge in [0.25, 0.3) is 0 Å². The third-order valence-electron chi connectivity index (χ3n) is 3.88. The highest BCUT2D eigenvalue weighted by Crippen LogP contribution is 2.33. The molecule has 1 aliphatic carbocycles. The Morgan fingerprint density at radius 3 is 2.52 bits per heavy atom. The minimum Gasteiger partial charge on any atom is -0.386 e. The second kappa shape index (κ2) is 5.98. The van der Waals surface area contributed by atoms with Gasteiger partial charge in [-0.05, 0) is 23.3 Å². The molecule has 0 aliphatic heterocycles. The zero-order valence-electron chi connectivity index (χ0n) is 11.9. The van der Waals surface area contributed by atoms with Gasteiger partial charge in [0.1, 0.15) is 6.10 Å². The number of benzene rings is 2. The van der Waals surface area contributed by atoms with Crippen molar-refractivity contribution in [2.75, 3.05) is 11.4 Å². The summed E-state index contributed by atoms with van der Waals surface area (Å²) in [4.78, 5) is 2.17. The van der Waals surface area contributed by atoms with E-state index in [1.807, 2.05) is 48.5 Å². The first-order valence-electron chi connectivity index (χ1n) is 7.19. The maximum absolute atomic E-state index is 10.8. The van der Waals surface area contributed by atoms with Crippen molar-refractivity contribution in [2.45, 2.75) is 12.1 Å². The van der Waals surface area contributed by atoms with Gasteiger partial charge in [0.15, 0.2) is 0 Å². The maximum Gasteiger partial charge on any atom is 0.103 e. The van der Waals surface area contributed by atoms with Crippen LogP contribution in [0.15, 0.2) is 73.3 Å². The molecule has 2 atom stereocenters. The number of aliphatic hydroxyl groups excluding tert-OH is 1. The molecule has 21 heavy (non-hydrogen) atoms. The van der Waals surface area contributed by atoms with Gasteiger partial charge in [-0.1, -0.05) is 60.7 Å². The van der Waals surface area contributed by atoms with Gasteiger partial charge in [0, 0.05) is 12.2 Å². The number of fused-ring (bicyclic) bond motifs is 1. The van der Waals surface area contributed by atoms with E-state index in [0.717, 1.165) is 16.8 Å². The lowest BCUT2D eigenvalue weighted by atomic mass is 9.90. The second-order valence-corrected chi connectivity index (χ2v) is 5.20. The third-order valence-corrected chi connectivity index (χ3v) is 3.88. The van der Waals surface area contributed by atoms with Crippen molar-refractivity contribution in [1.82, 2.24) is 0 Å². The minimum absolute atomic E-state index is 0.0831. The summed E-state index contributed by atoms with van der Waals surface area (Å²) in [6.07, 6.45) is 5.50. The Morgan fingerprint density at radius 1 is 1.05 bits per heavy atom. The highest BCUT2D eigenvalue weighted by molar-refractivity contribution is 5.62. The van der Waals surface area contributed by atoms with E-state index in [9.17, 15) is 5.11 Å². The van der Waals surface area contributed by atoms with Gasteiger partial charge in [-0.25, -0.2) is 0 Å². The van der Waals surface area contributed by atoms with E-state index in [-0.39, 0.29) is 6.04 Å². The highest BCUT2D eigenvalue weighted by atomic mass is 16.3. The van der Waals surface area contributed by atoms with E-state index in [4.69, 9.17) is 0 Å². The van der Waals surface area contributed by atoms with Crippen LogP contribution in [0.25, 0.3) is 6.08 Å². The summed E-state index contributed by atoms with van der Waals surface area (Å²) in [5.74, 6) is 0.